The first-order chi connectivity index (χ1) is 14.7. The lowest BCUT2D eigenvalue weighted by molar-refractivity contribution is -0.116. The van der Waals surface area contributed by atoms with Gasteiger partial charge in [-0.2, -0.15) is 10.2 Å². The van der Waals surface area contributed by atoms with Crippen LogP contribution in [0, 0.1) is 6.92 Å². The van der Waals surface area contributed by atoms with Crippen molar-refractivity contribution in [2.45, 2.75) is 32.2 Å². The molecule has 1 aliphatic carbocycles. The number of carbonyl (C=O) groups is 1. The van der Waals surface area contributed by atoms with Gasteiger partial charge < -0.3 is 5.32 Å². The van der Waals surface area contributed by atoms with E-state index in [4.69, 9.17) is 5.10 Å². The molecular weight excluding hydrogens is 378 g/mol. The number of nitrogens with one attached hydrogen (secondary N) is 1. The Bertz CT molecular complexity index is 1180. The molecule has 4 aromatic rings. The van der Waals surface area contributed by atoms with Crippen molar-refractivity contribution in [1.29, 1.82) is 0 Å². The number of benzene rings is 1. The number of rotatable bonds is 6. The molecule has 1 amide bonds. The van der Waals surface area contributed by atoms with Crippen LogP contribution in [0.5, 0.6) is 0 Å². The van der Waals surface area contributed by atoms with E-state index < -0.39 is 0 Å². The highest BCUT2D eigenvalue weighted by atomic mass is 16.2. The lowest BCUT2D eigenvalue weighted by atomic mass is 10.3. The van der Waals surface area contributed by atoms with Crippen molar-refractivity contribution >= 4 is 11.7 Å². The quantitative estimate of drug-likeness (QED) is 0.537. The van der Waals surface area contributed by atoms with E-state index in [1.165, 1.54) is 0 Å². The molecule has 1 aliphatic rings. The molecular formula is C22H21N7O. The summed E-state index contributed by atoms with van der Waals surface area (Å²) in [5.74, 6) is 2.10. The molecule has 5 rings (SSSR count). The van der Waals surface area contributed by atoms with Gasteiger partial charge in [0, 0.05) is 18.2 Å². The Kier molecular flexibility index (Phi) is 4.59. The lowest BCUT2D eigenvalue weighted by Crippen LogP contribution is -2.22. The maximum atomic E-state index is 12.9. The number of carbonyl (C=O) groups excluding carboxylic acids is 1. The SMILES string of the molecule is Cc1nc(-c2ccccn2)n(CC(=O)Nc2cc(C3CC3)nn2-c2ccccc2)n1. The number of nitrogens with zero attached hydrogens (tertiary/aromatic N) is 6. The number of hydrogen-bond donors (Lipinski definition) is 1. The molecule has 0 unspecified atom stereocenters. The van der Waals surface area contributed by atoms with E-state index in [1.54, 1.807) is 22.5 Å². The van der Waals surface area contributed by atoms with Crippen LogP contribution in [0.25, 0.3) is 17.2 Å². The Morgan fingerprint density at radius 3 is 2.63 bits per heavy atom. The van der Waals surface area contributed by atoms with Crippen molar-refractivity contribution in [2.75, 3.05) is 5.32 Å². The summed E-state index contributed by atoms with van der Waals surface area (Å²) >= 11 is 0. The highest BCUT2D eigenvalue weighted by molar-refractivity contribution is 5.90. The number of aromatic nitrogens is 6. The van der Waals surface area contributed by atoms with Crippen molar-refractivity contribution in [3.63, 3.8) is 0 Å². The molecule has 1 fully saturated rings. The molecule has 0 aliphatic heterocycles. The lowest BCUT2D eigenvalue weighted by Gasteiger charge is -2.10. The normalized spacial score (nSPS) is 13.4. The number of anilines is 1. The molecule has 8 heteroatoms. The van der Waals surface area contributed by atoms with Crippen LogP contribution >= 0.6 is 0 Å². The van der Waals surface area contributed by atoms with Crippen molar-refractivity contribution in [3.8, 4) is 17.2 Å². The van der Waals surface area contributed by atoms with Crippen molar-refractivity contribution in [2.24, 2.45) is 0 Å². The first kappa shape index (κ1) is 18.2. The second kappa shape index (κ2) is 7.55. The summed E-state index contributed by atoms with van der Waals surface area (Å²) in [6.07, 6.45) is 3.98. The van der Waals surface area contributed by atoms with Gasteiger partial charge in [-0.25, -0.2) is 14.3 Å². The number of para-hydroxylation sites is 1. The standard InChI is InChI=1S/C22H21N7O/c1-15-24-22(18-9-5-6-12-23-18)28(26-15)14-21(30)25-20-13-19(16-10-11-16)27-29(20)17-7-3-2-4-8-17/h2-9,12-13,16H,10-11,14H2,1H3,(H,25,30). The molecule has 0 radical (unpaired) electrons. The zero-order valence-corrected chi connectivity index (χ0v) is 16.6. The fraction of sp³-hybridized carbons (Fsp3) is 0.227. The fourth-order valence-electron chi connectivity index (χ4n) is 3.40. The van der Waals surface area contributed by atoms with E-state index in [1.807, 2.05) is 54.6 Å². The number of hydrogen-bond acceptors (Lipinski definition) is 5. The van der Waals surface area contributed by atoms with E-state index in [2.05, 4.69) is 20.4 Å². The van der Waals surface area contributed by atoms with Gasteiger partial charge in [0.15, 0.2) is 5.82 Å². The Morgan fingerprint density at radius 2 is 1.90 bits per heavy atom. The number of amides is 1. The molecule has 30 heavy (non-hydrogen) atoms. The average molecular weight is 399 g/mol. The predicted octanol–water partition coefficient (Wildman–Crippen LogP) is 3.35. The first-order valence-corrected chi connectivity index (χ1v) is 9.95. The minimum Gasteiger partial charge on any atom is -0.309 e. The van der Waals surface area contributed by atoms with Crippen LogP contribution in [0.4, 0.5) is 5.82 Å². The van der Waals surface area contributed by atoms with E-state index in [-0.39, 0.29) is 12.5 Å². The Balaban J connectivity index is 1.41. The van der Waals surface area contributed by atoms with Crippen LogP contribution in [-0.2, 0) is 11.3 Å². The summed E-state index contributed by atoms with van der Waals surface area (Å²) in [5.41, 5.74) is 2.60. The fourth-order valence-corrected chi connectivity index (χ4v) is 3.40. The van der Waals surface area contributed by atoms with E-state index in [9.17, 15) is 4.79 Å². The second-order valence-corrected chi connectivity index (χ2v) is 7.38. The van der Waals surface area contributed by atoms with E-state index in [0.717, 1.165) is 24.2 Å². The Labute approximate surface area is 173 Å². The smallest absolute Gasteiger partial charge is 0.247 e. The summed E-state index contributed by atoms with van der Waals surface area (Å²) in [6.45, 7) is 1.83. The average Bonchev–Trinajstić information content (AvgIpc) is 3.44. The largest absolute Gasteiger partial charge is 0.309 e. The third-order valence-corrected chi connectivity index (χ3v) is 4.96. The summed E-state index contributed by atoms with van der Waals surface area (Å²) in [7, 11) is 0. The van der Waals surface area contributed by atoms with Crippen LogP contribution in [0.2, 0.25) is 0 Å². The Hall–Kier alpha value is -3.81. The molecule has 0 atom stereocenters. The van der Waals surface area contributed by atoms with Crippen molar-refractivity contribution in [1.82, 2.24) is 29.5 Å². The van der Waals surface area contributed by atoms with Crippen LogP contribution in [0.15, 0.2) is 60.8 Å². The van der Waals surface area contributed by atoms with Gasteiger partial charge in [0.05, 0.1) is 11.4 Å². The monoisotopic (exact) mass is 399 g/mol. The van der Waals surface area contributed by atoms with Crippen LogP contribution in [-0.4, -0.2) is 35.4 Å². The van der Waals surface area contributed by atoms with Gasteiger partial charge in [-0.05, 0) is 44.0 Å². The van der Waals surface area contributed by atoms with Gasteiger partial charge in [-0.1, -0.05) is 24.3 Å². The van der Waals surface area contributed by atoms with Gasteiger partial charge in [-0.15, -0.1) is 0 Å². The van der Waals surface area contributed by atoms with Gasteiger partial charge in [0.25, 0.3) is 0 Å². The summed E-state index contributed by atoms with van der Waals surface area (Å²) in [5, 5.41) is 12.1. The molecule has 0 saturated heterocycles. The minimum atomic E-state index is -0.198. The van der Waals surface area contributed by atoms with E-state index in [0.29, 0.717) is 29.1 Å². The highest BCUT2D eigenvalue weighted by Crippen LogP contribution is 2.40. The molecule has 0 spiro atoms. The van der Waals surface area contributed by atoms with Crippen molar-refractivity contribution in [3.05, 3.63) is 72.3 Å². The molecule has 8 nitrogen and oxygen atoms in total. The molecule has 1 saturated carbocycles. The highest BCUT2D eigenvalue weighted by Gasteiger charge is 2.28. The molecule has 150 valence electrons. The predicted molar refractivity (Wildman–Crippen MR) is 112 cm³/mol. The van der Waals surface area contributed by atoms with Gasteiger partial charge in [-0.3, -0.25) is 9.78 Å². The summed E-state index contributed by atoms with van der Waals surface area (Å²) < 4.78 is 3.37. The third kappa shape index (κ3) is 3.71. The summed E-state index contributed by atoms with van der Waals surface area (Å²) in [4.78, 5) is 21.7. The summed E-state index contributed by atoms with van der Waals surface area (Å²) in [6, 6.07) is 17.4. The van der Waals surface area contributed by atoms with Gasteiger partial charge in [0.2, 0.25) is 5.91 Å². The van der Waals surface area contributed by atoms with Gasteiger partial charge in [0.1, 0.15) is 23.9 Å². The van der Waals surface area contributed by atoms with Crippen molar-refractivity contribution < 1.29 is 4.79 Å². The molecule has 3 aromatic heterocycles. The minimum absolute atomic E-state index is 0.0332. The number of pyridine rings is 1. The molecule has 1 N–H and O–H groups in total. The zero-order chi connectivity index (χ0) is 20.5. The molecule has 1 aromatic carbocycles. The maximum absolute atomic E-state index is 12.9. The first-order valence-electron chi connectivity index (χ1n) is 9.95. The number of aryl methyl sites for hydroxylation is 1. The topological polar surface area (TPSA) is 90.5 Å². The zero-order valence-electron chi connectivity index (χ0n) is 16.6. The van der Waals surface area contributed by atoms with Crippen LogP contribution in [0.1, 0.15) is 30.3 Å². The van der Waals surface area contributed by atoms with E-state index >= 15 is 0 Å². The van der Waals surface area contributed by atoms with Gasteiger partial charge >= 0.3 is 0 Å². The van der Waals surface area contributed by atoms with Crippen LogP contribution < -0.4 is 5.32 Å². The van der Waals surface area contributed by atoms with Crippen LogP contribution in [0.3, 0.4) is 0 Å². The molecule has 0 bridgehead atoms. The maximum Gasteiger partial charge on any atom is 0.247 e. The second-order valence-electron chi connectivity index (χ2n) is 7.38. The third-order valence-electron chi connectivity index (χ3n) is 4.96. The Morgan fingerprint density at radius 1 is 1.10 bits per heavy atom. The molecule has 3 heterocycles.